The molecule has 132 valence electrons. The molecule has 0 fully saturated rings. The molecule has 0 saturated carbocycles. The van der Waals surface area contributed by atoms with E-state index in [1.807, 2.05) is 55.5 Å². The average Bonchev–Trinajstić information content (AvgIpc) is 2.63. The zero-order valence-corrected chi connectivity index (χ0v) is 14.5. The van der Waals surface area contributed by atoms with Crippen molar-refractivity contribution < 1.29 is 14.6 Å². The molecular formula is C21H25NO3. The third kappa shape index (κ3) is 4.68. The minimum Gasteiger partial charge on any atom is -0.391 e. The third-order valence-corrected chi connectivity index (χ3v) is 4.72. The molecule has 0 bridgehead atoms. The van der Waals surface area contributed by atoms with E-state index in [1.165, 1.54) is 5.56 Å². The summed E-state index contributed by atoms with van der Waals surface area (Å²) in [5, 5.41) is 13.2. The van der Waals surface area contributed by atoms with Crippen LogP contribution in [0.25, 0.3) is 0 Å². The Morgan fingerprint density at radius 1 is 1.20 bits per heavy atom. The van der Waals surface area contributed by atoms with Gasteiger partial charge in [-0.1, -0.05) is 54.6 Å². The predicted octanol–water partition coefficient (Wildman–Crippen LogP) is 2.80. The Bertz CT molecular complexity index is 701. The zero-order chi connectivity index (χ0) is 17.6. The minimum absolute atomic E-state index is 0.0960. The van der Waals surface area contributed by atoms with Crippen LogP contribution < -0.4 is 5.32 Å². The van der Waals surface area contributed by atoms with Gasteiger partial charge in [0.25, 0.3) is 0 Å². The average molecular weight is 339 g/mol. The van der Waals surface area contributed by atoms with Crippen LogP contribution in [-0.4, -0.2) is 29.8 Å². The summed E-state index contributed by atoms with van der Waals surface area (Å²) in [7, 11) is 0. The molecule has 1 amide bonds. The van der Waals surface area contributed by atoms with Gasteiger partial charge in [0, 0.05) is 6.42 Å². The zero-order valence-electron chi connectivity index (χ0n) is 14.5. The van der Waals surface area contributed by atoms with E-state index < -0.39 is 6.10 Å². The fraction of sp³-hybridized carbons (Fsp3) is 0.381. The molecule has 0 saturated heterocycles. The van der Waals surface area contributed by atoms with Gasteiger partial charge in [-0.15, -0.1) is 0 Å². The van der Waals surface area contributed by atoms with Gasteiger partial charge in [-0.3, -0.25) is 4.79 Å². The summed E-state index contributed by atoms with van der Waals surface area (Å²) in [4.78, 5) is 12.4. The Morgan fingerprint density at radius 2 is 1.92 bits per heavy atom. The highest BCUT2D eigenvalue weighted by Gasteiger charge is 2.24. The first-order valence-electron chi connectivity index (χ1n) is 8.84. The molecule has 3 rings (SSSR count). The molecule has 2 aromatic carbocycles. The molecule has 25 heavy (non-hydrogen) atoms. The lowest BCUT2D eigenvalue weighted by Crippen LogP contribution is -2.42. The number of rotatable bonds is 6. The van der Waals surface area contributed by atoms with Gasteiger partial charge in [0.15, 0.2) is 0 Å². The number of hydrogen-bond acceptors (Lipinski definition) is 3. The van der Waals surface area contributed by atoms with Crippen molar-refractivity contribution in [1.82, 2.24) is 5.32 Å². The molecule has 4 heteroatoms. The summed E-state index contributed by atoms with van der Waals surface area (Å²) < 4.78 is 5.79. The number of carbonyl (C=O) groups excluding carboxylic acids is 1. The maximum Gasteiger partial charge on any atom is 0.223 e. The molecule has 3 atom stereocenters. The van der Waals surface area contributed by atoms with E-state index in [9.17, 15) is 9.90 Å². The highest BCUT2D eigenvalue weighted by atomic mass is 16.5. The minimum atomic E-state index is -0.620. The van der Waals surface area contributed by atoms with E-state index in [0.717, 1.165) is 17.5 Å². The molecular weight excluding hydrogens is 314 g/mol. The van der Waals surface area contributed by atoms with Crippen molar-refractivity contribution in [2.75, 3.05) is 6.61 Å². The van der Waals surface area contributed by atoms with Gasteiger partial charge in [-0.05, 0) is 30.0 Å². The maximum atomic E-state index is 12.4. The van der Waals surface area contributed by atoms with E-state index in [-0.39, 0.29) is 24.5 Å². The monoisotopic (exact) mass is 339 g/mol. The summed E-state index contributed by atoms with van der Waals surface area (Å²) >= 11 is 0. The van der Waals surface area contributed by atoms with Crippen molar-refractivity contribution in [2.24, 2.45) is 0 Å². The molecule has 1 aliphatic heterocycles. The molecule has 3 unspecified atom stereocenters. The van der Waals surface area contributed by atoms with Gasteiger partial charge in [0.1, 0.15) is 0 Å². The van der Waals surface area contributed by atoms with Gasteiger partial charge < -0.3 is 15.2 Å². The number of nitrogens with one attached hydrogen (secondary N) is 1. The molecule has 1 heterocycles. The topological polar surface area (TPSA) is 58.6 Å². The number of aliphatic hydroxyl groups excluding tert-OH is 1. The second-order valence-electron chi connectivity index (χ2n) is 6.63. The van der Waals surface area contributed by atoms with Crippen molar-refractivity contribution in [3.8, 4) is 0 Å². The quantitative estimate of drug-likeness (QED) is 0.851. The Labute approximate surface area is 148 Å². The van der Waals surface area contributed by atoms with Crippen LogP contribution in [0.15, 0.2) is 54.6 Å². The first-order valence-corrected chi connectivity index (χ1v) is 8.84. The Hall–Kier alpha value is -2.17. The lowest BCUT2D eigenvalue weighted by molar-refractivity contribution is -0.125. The molecule has 4 nitrogen and oxygen atoms in total. The second-order valence-corrected chi connectivity index (χ2v) is 6.63. The largest absolute Gasteiger partial charge is 0.391 e. The molecule has 1 aliphatic rings. The summed E-state index contributed by atoms with van der Waals surface area (Å²) in [6.45, 7) is 2.47. The standard InChI is InChI=1S/C21H25NO3/c1-15(19(23)13-16-7-3-2-4-8-16)22-21(24)14-20-18-10-6-5-9-17(18)11-12-25-20/h2-10,15,19-20,23H,11-14H2,1H3,(H,22,24). The van der Waals surface area contributed by atoms with Gasteiger partial charge in [-0.25, -0.2) is 0 Å². The first-order chi connectivity index (χ1) is 12.1. The van der Waals surface area contributed by atoms with Crippen molar-refractivity contribution in [1.29, 1.82) is 0 Å². The summed E-state index contributed by atoms with van der Waals surface area (Å²) in [6.07, 6.45) is 0.861. The van der Waals surface area contributed by atoms with Crippen LogP contribution in [0.1, 0.15) is 36.1 Å². The fourth-order valence-corrected chi connectivity index (χ4v) is 3.26. The van der Waals surface area contributed by atoms with Gasteiger partial charge in [-0.2, -0.15) is 0 Å². The van der Waals surface area contributed by atoms with Crippen LogP contribution in [0.3, 0.4) is 0 Å². The number of aliphatic hydroxyl groups is 1. The number of carbonyl (C=O) groups is 1. The van der Waals surface area contributed by atoms with Gasteiger partial charge in [0.2, 0.25) is 5.91 Å². The lowest BCUT2D eigenvalue weighted by atomic mass is 9.95. The third-order valence-electron chi connectivity index (χ3n) is 4.72. The molecule has 2 aromatic rings. The van der Waals surface area contributed by atoms with E-state index in [1.54, 1.807) is 0 Å². The van der Waals surface area contributed by atoms with Gasteiger partial charge >= 0.3 is 0 Å². The molecule has 2 N–H and O–H groups in total. The highest BCUT2D eigenvalue weighted by Crippen LogP contribution is 2.29. The second kappa shape index (κ2) is 8.28. The van der Waals surface area contributed by atoms with Crippen LogP contribution in [-0.2, 0) is 22.4 Å². The number of amides is 1. The summed E-state index contributed by atoms with van der Waals surface area (Å²) in [5.74, 6) is -0.0960. The first kappa shape index (κ1) is 17.6. The fourth-order valence-electron chi connectivity index (χ4n) is 3.26. The lowest BCUT2D eigenvalue weighted by Gasteiger charge is -2.27. The molecule has 0 radical (unpaired) electrons. The van der Waals surface area contributed by atoms with Crippen molar-refractivity contribution in [2.45, 2.75) is 44.4 Å². The molecule has 0 aliphatic carbocycles. The highest BCUT2D eigenvalue weighted by molar-refractivity contribution is 5.77. The number of ether oxygens (including phenoxy) is 1. The summed E-state index contributed by atoms with van der Waals surface area (Å²) in [6, 6.07) is 17.6. The number of fused-ring (bicyclic) bond motifs is 1. The predicted molar refractivity (Wildman–Crippen MR) is 97.2 cm³/mol. The Balaban J connectivity index is 1.54. The van der Waals surface area contributed by atoms with Crippen LogP contribution in [0.5, 0.6) is 0 Å². The van der Waals surface area contributed by atoms with E-state index in [4.69, 9.17) is 4.74 Å². The van der Waals surface area contributed by atoms with Crippen molar-refractivity contribution in [3.63, 3.8) is 0 Å². The molecule has 0 aromatic heterocycles. The SMILES string of the molecule is CC(NC(=O)CC1OCCc2ccccc21)C(O)Cc1ccccc1. The number of benzene rings is 2. The van der Waals surface area contributed by atoms with Gasteiger partial charge in [0.05, 0.1) is 31.3 Å². The van der Waals surface area contributed by atoms with Crippen molar-refractivity contribution >= 4 is 5.91 Å². The van der Waals surface area contributed by atoms with Crippen LogP contribution >= 0.6 is 0 Å². The van der Waals surface area contributed by atoms with E-state index >= 15 is 0 Å². The van der Waals surface area contributed by atoms with E-state index in [0.29, 0.717) is 13.0 Å². The Kier molecular flexibility index (Phi) is 5.84. The number of hydrogen-bond donors (Lipinski definition) is 2. The van der Waals surface area contributed by atoms with Crippen LogP contribution in [0, 0.1) is 0 Å². The normalized spacial score (nSPS) is 18.9. The summed E-state index contributed by atoms with van der Waals surface area (Å²) in [5.41, 5.74) is 3.41. The van der Waals surface area contributed by atoms with Crippen molar-refractivity contribution in [3.05, 3.63) is 71.3 Å². The smallest absolute Gasteiger partial charge is 0.223 e. The maximum absolute atomic E-state index is 12.4. The van der Waals surface area contributed by atoms with Crippen LogP contribution in [0.4, 0.5) is 0 Å². The van der Waals surface area contributed by atoms with E-state index in [2.05, 4.69) is 11.4 Å². The molecule has 0 spiro atoms. The Morgan fingerprint density at radius 3 is 2.72 bits per heavy atom. The van der Waals surface area contributed by atoms with Crippen LogP contribution in [0.2, 0.25) is 0 Å².